The van der Waals surface area contributed by atoms with Crippen molar-refractivity contribution in [1.29, 1.82) is 0 Å². The summed E-state index contributed by atoms with van der Waals surface area (Å²) in [5, 5.41) is 54.7. The van der Waals surface area contributed by atoms with Crippen LogP contribution in [-0.4, -0.2) is 87.5 Å². The van der Waals surface area contributed by atoms with E-state index in [2.05, 4.69) is 19.2 Å². The molecule has 0 bridgehead atoms. The van der Waals surface area contributed by atoms with Crippen molar-refractivity contribution in [1.82, 2.24) is 5.32 Å². The van der Waals surface area contributed by atoms with Crippen molar-refractivity contribution in [2.75, 3.05) is 13.2 Å². The third-order valence-electron chi connectivity index (χ3n) is 15.7. The second-order valence-corrected chi connectivity index (χ2v) is 22.6. The first-order valence-electron chi connectivity index (χ1n) is 31.7. The number of amides is 1. The Kier molecular flexibility index (Phi) is 50.6. The van der Waals surface area contributed by atoms with E-state index in [0.717, 1.165) is 38.5 Å². The number of aliphatic hydroxyl groups is 5. The Morgan fingerprint density at radius 2 is 0.704 bits per heavy atom. The van der Waals surface area contributed by atoms with Crippen molar-refractivity contribution in [2.45, 2.75) is 378 Å². The van der Waals surface area contributed by atoms with Gasteiger partial charge in [0.25, 0.3) is 0 Å². The van der Waals surface area contributed by atoms with Crippen LogP contribution in [0.5, 0.6) is 0 Å². The molecule has 1 saturated heterocycles. The first-order chi connectivity index (χ1) is 34.8. The Hall–Kier alpha value is -0.810. The molecule has 1 fully saturated rings. The second kappa shape index (κ2) is 52.6. The van der Waals surface area contributed by atoms with Crippen LogP contribution in [0.2, 0.25) is 0 Å². The highest BCUT2D eigenvalue weighted by Gasteiger charge is 2.44. The number of ether oxygens (including phenoxy) is 2. The minimum absolute atomic E-state index is 0.131. The minimum Gasteiger partial charge on any atom is -0.394 e. The van der Waals surface area contributed by atoms with E-state index in [-0.39, 0.29) is 12.5 Å². The Morgan fingerprint density at radius 1 is 0.423 bits per heavy atom. The Labute approximate surface area is 440 Å². The lowest BCUT2D eigenvalue weighted by Gasteiger charge is -2.40. The summed E-state index contributed by atoms with van der Waals surface area (Å²) in [5.74, 6) is -0.136. The van der Waals surface area contributed by atoms with Gasteiger partial charge >= 0.3 is 0 Å². The summed E-state index contributed by atoms with van der Waals surface area (Å²) in [6, 6.07) is -0.713. The molecule has 424 valence electrons. The van der Waals surface area contributed by atoms with E-state index >= 15 is 0 Å². The van der Waals surface area contributed by atoms with E-state index in [4.69, 9.17) is 9.47 Å². The summed E-state index contributed by atoms with van der Waals surface area (Å²) in [4.78, 5) is 13.1. The molecule has 9 nitrogen and oxygen atoms in total. The molecular formula is C62H123NO8. The fraction of sp³-hybridized carbons (Fsp3) is 0.984. The quantitative estimate of drug-likeness (QED) is 0.0330. The highest BCUT2D eigenvalue weighted by Crippen LogP contribution is 2.24. The van der Waals surface area contributed by atoms with Crippen LogP contribution >= 0.6 is 0 Å². The van der Waals surface area contributed by atoms with Gasteiger partial charge < -0.3 is 40.3 Å². The molecule has 6 N–H and O–H groups in total. The van der Waals surface area contributed by atoms with Crippen LogP contribution in [0.25, 0.3) is 0 Å². The van der Waals surface area contributed by atoms with Crippen molar-refractivity contribution < 1.29 is 39.8 Å². The topological polar surface area (TPSA) is 149 Å². The fourth-order valence-corrected chi connectivity index (χ4v) is 10.7. The highest BCUT2D eigenvalue weighted by atomic mass is 16.7. The summed E-state index contributed by atoms with van der Waals surface area (Å²) in [7, 11) is 0. The number of unbranched alkanes of at least 4 members (excludes halogenated alkanes) is 46. The van der Waals surface area contributed by atoms with Crippen LogP contribution in [0.15, 0.2) is 0 Å². The lowest BCUT2D eigenvalue weighted by atomic mass is 9.99. The van der Waals surface area contributed by atoms with Crippen molar-refractivity contribution in [3.63, 3.8) is 0 Å². The van der Waals surface area contributed by atoms with E-state index in [1.807, 2.05) is 0 Å². The molecule has 0 aromatic carbocycles. The molecule has 0 aliphatic carbocycles. The summed E-state index contributed by atoms with van der Waals surface area (Å²) >= 11 is 0. The zero-order chi connectivity index (χ0) is 51.5. The van der Waals surface area contributed by atoms with Gasteiger partial charge in [-0.3, -0.25) is 4.79 Å². The molecule has 1 aliphatic rings. The van der Waals surface area contributed by atoms with Crippen molar-refractivity contribution in [2.24, 2.45) is 0 Å². The van der Waals surface area contributed by atoms with Crippen molar-refractivity contribution >= 4 is 5.91 Å². The fourth-order valence-electron chi connectivity index (χ4n) is 10.7. The summed E-state index contributed by atoms with van der Waals surface area (Å²) in [6.07, 6.45) is 57.4. The molecule has 0 aromatic rings. The van der Waals surface area contributed by atoms with E-state index in [9.17, 15) is 30.3 Å². The third kappa shape index (κ3) is 42.0. The number of rotatable bonds is 56. The average Bonchev–Trinajstić information content (AvgIpc) is 3.37. The van der Waals surface area contributed by atoms with Crippen LogP contribution in [0.1, 0.15) is 335 Å². The molecule has 1 rings (SSSR count). The van der Waals surface area contributed by atoms with Crippen LogP contribution < -0.4 is 5.32 Å². The smallest absolute Gasteiger partial charge is 0.220 e. The van der Waals surface area contributed by atoms with Gasteiger partial charge in [0, 0.05) is 6.42 Å². The lowest BCUT2D eigenvalue weighted by molar-refractivity contribution is -0.302. The van der Waals surface area contributed by atoms with E-state index in [0.29, 0.717) is 12.8 Å². The molecule has 1 heterocycles. The van der Waals surface area contributed by atoms with E-state index in [1.165, 1.54) is 270 Å². The lowest BCUT2D eigenvalue weighted by Crippen LogP contribution is -2.60. The Morgan fingerprint density at radius 3 is 1.00 bits per heavy atom. The Balaban J connectivity index is 2.05. The third-order valence-corrected chi connectivity index (χ3v) is 15.7. The van der Waals surface area contributed by atoms with E-state index in [1.54, 1.807) is 0 Å². The van der Waals surface area contributed by atoms with Gasteiger partial charge in [0.05, 0.1) is 25.4 Å². The first kappa shape index (κ1) is 68.2. The minimum atomic E-state index is -1.55. The van der Waals surface area contributed by atoms with Crippen LogP contribution in [-0.2, 0) is 14.3 Å². The molecule has 1 amide bonds. The van der Waals surface area contributed by atoms with Crippen LogP contribution in [0.3, 0.4) is 0 Å². The standard InChI is InChI=1S/C62H123NO8/c1-3-5-7-9-11-13-15-17-19-20-21-22-23-24-25-26-27-28-29-30-31-32-33-34-35-36-37-38-40-42-44-46-48-50-52-58(66)63-55(54-70-62-61(69)60(68)59(67)57(53-64)71-62)56(65)51-49-47-45-43-41-39-18-16-14-12-10-8-6-4-2/h55-57,59-62,64-65,67-69H,3-54H2,1-2H3,(H,63,66)/t55-,56+,57+,59+,60?,61?,62+/m0/s1. The molecule has 1 aliphatic heterocycles. The Bertz CT molecular complexity index is 1080. The second-order valence-electron chi connectivity index (χ2n) is 22.6. The molecular weight excluding hydrogens is 887 g/mol. The molecule has 2 unspecified atom stereocenters. The number of aliphatic hydroxyl groups excluding tert-OH is 5. The average molecular weight is 1010 g/mol. The first-order valence-corrected chi connectivity index (χ1v) is 31.7. The van der Waals surface area contributed by atoms with Crippen molar-refractivity contribution in [3.05, 3.63) is 0 Å². The molecule has 0 spiro atoms. The summed E-state index contributed by atoms with van der Waals surface area (Å²) in [6.45, 7) is 3.88. The molecule has 0 saturated carbocycles. The molecule has 7 atom stereocenters. The molecule has 0 radical (unpaired) electrons. The predicted octanol–water partition coefficient (Wildman–Crippen LogP) is 16.2. The molecule has 0 aromatic heterocycles. The van der Waals surface area contributed by atoms with Gasteiger partial charge in [0.2, 0.25) is 5.91 Å². The maximum absolute atomic E-state index is 13.1. The monoisotopic (exact) mass is 1010 g/mol. The van der Waals surface area contributed by atoms with Gasteiger partial charge in [-0.2, -0.15) is 0 Å². The van der Waals surface area contributed by atoms with Crippen molar-refractivity contribution in [3.8, 4) is 0 Å². The summed E-state index contributed by atoms with van der Waals surface area (Å²) in [5.41, 5.74) is 0. The van der Waals surface area contributed by atoms with Gasteiger partial charge in [-0.25, -0.2) is 0 Å². The zero-order valence-electron chi connectivity index (χ0n) is 47.3. The maximum atomic E-state index is 13.1. The number of hydrogen-bond acceptors (Lipinski definition) is 8. The van der Waals surface area contributed by atoms with E-state index < -0.39 is 49.5 Å². The van der Waals surface area contributed by atoms with Gasteiger partial charge in [0.1, 0.15) is 24.4 Å². The largest absolute Gasteiger partial charge is 0.394 e. The predicted molar refractivity (Wildman–Crippen MR) is 300 cm³/mol. The molecule has 71 heavy (non-hydrogen) atoms. The maximum Gasteiger partial charge on any atom is 0.220 e. The summed E-state index contributed by atoms with van der Waals surface area (Å²) < 4.78 is 11.3. The normalized spacial score (nSPS) is 19.1. The molecule has 9 heteroatoms. The van der Waals surface area contributed by atoms with Gasteiger partial charge in [-0.05, 0) is 12.8 Å². The number of nitrogens with one attached hydrogen (secondary N) is 1. The SMILES string of the molecule is CCCCCCCCCCCCCCCCCCCCCCCCCCCCCCCCCCCCC(=O)N[C@@H](CO[C@@H]1O[C@H](CO)[C@@H](O)C(O)C1O)[C@H](O)CCCCCCCCCCCCCCCC. The number of carbonyl (C=O) groups is 1. The number of carbonyl (C=O) groups excluding carboxylic acids is 1. The highest BCUT2D eigenvalue weighted by molar-refractivity contribution is 5.76. The number of hydrogen-bond donors (Lipinski definition) is 6. The van der Waals surface area contributed by atoms with Crippen LogP contribution in [0, 0.1) is 0 Å². The van der Waals surface area contributed by atoms with Gasteiger partial charge in [0.15, 0.2) is 6.29 Å². The zero-order valence-corrected chi connectivity index (χ0v) is 47.3. The van der Waals surface area contributed by atoms with Gasteiger partial charge in [-0.1, -0.05) is 316 Å². The van der Waals surface area contributed by atoms with Crippen LogP contribution in [0.4, 0.5) is 0 Å². The van der Waals surface area contributed by atoms with Gasteiger partial charge in [-0.15, -0.1) is 0 Å².